The van der Waals surface area contributed by atoms with Crippen LogP contribution >= 0.6 is 0 Å². The van der Waals surface area contributed by atoms with E-state index in [4.69, 9.17) is 6.57 Å². The first-order valence-electron chi connectivity index (χ1n) is 10.8. The number of aromatic nitrogens is 1. The zero-order valence-electron chi connectivity index (χ0n) is 18.1. The fourth-order valence-electron chi connectivity index (χ4n) is 5.49. The first kappa shape index (κ1) is 19.3. The predicted molar refractivity (Wildman–Crippen MR) is 129 cm³/mol. The van der Waals surface area contributed by atoms with Gasteiger partial charge in [-0.2, -0.15) is 5.26 Å². The molecule has 0 fully saturated rings. The van der Waals surface area contributed by atoms with Gasteiger partial charge in [0, 0.05) is 16.2 Å². The zero-order chi connectivity index (χ0) is 22.9. The monoisotopic (exact) mass is 427 g/mol. The summed E-state index contributed by atoms with van der Waals surface area (Å²) in [7, 11) is 0. The van der Waals surface area contributed by atoms with Crippen molar-refractivity contribution < 1.29 is 4.39 Å². The molecule has 156 valence electrons. The molecule has 0 saturated carbocycles. The quantitative estimate of drug-likeness (QED) is 0.253. The van der Waals surface area contributed by atoms with E-state index in [9.17, 15) is 5.26 Å². The molecule has 5 aromatic rings. The van der Waals surface area contributed by atoms with Gasteiger partial charge in [0.1, 0.15) is 11.9 Å². The first-order valence-corrected chi connectivity index (χ1v) is 10.8. The van der Waals surface area contributed by atoms with Gasteiger partial charge < -0.3 is 4.57 Å². The normalized spacial score (nSPS) is 13.5. The average Bonchev–Trinajstić information content (AvgIpc) is 3.28. The molecule has 4 heteroatoms. The lowest BCUT2D eigenvalue weighted by Gasteiger charge is -2.24. The molecule has 0 radical (unpaired) electrons. The van der Waals surface area contributed by atoms with Crippen molar-refractivity contribution >= 4 is 27.5 Å². The third kappa shape index (κ3) is 2.35. The van der Waals surface area contributed by atoms with Crippen molar-refractivity contribution in [1.82, 2.24) is 4.57 Å². The van der Waals surface area contributed by atoms with Gasteiger partial charge in [0.2, 0.25) is 5.69 Å². The summed E-state index contributed by atoms with van der Waals surface area (Å²) in [6.45, 7) is 12.1. The standard InChI is InChI=1S/C29H18FN3/c1-29(2)22-10-6-4-8-18(22)20-13-14-21-19-9-5-7-11-23(19)33(28(21)25(20)29)24-15-12-17(16-31)26(30)27(24)32-3/h4-15H,1-2H3. The van der Waals surface area contributed by atoms with Gasteiger partial charge in [-0.05, 0) is 40.5 Å². The molecule has 1 aliphatic carbocycles. The molecule has 1 aliphatic rings. The number of fused-ring (bicyclic) bond motifs is 7. The third-order valence-electron chi connectivity index (χ3n) is 6.92. The van der Waals surface area contributed by atoms with Crippen LogP contribution in [0.4, 0.5) is 10.1 Å². The van der Waals surface area contributed by atoms with E-state index in [1.807, 2.05) is 28.8 Å². The molecule has 0 amide bonds. The minimum absolute atomic E-state index is 0.122. The van der Waals surface area contributed by atoms with Crippen molar-refractivity contribution in [3.63, 3.8) is 0 Å². The van der Waals surface area contributed by atoms with E-state index in [1.54, 1.807) is 6.07 Å². The molecule has 0 spiro atoms. The Labute approximate surface area is 190 Å². The Kier molecular flexibility index (Phi) is 3.83. The van der Waals surface area contributed by atoms with Gasteiger partial charge >= 0.3 is 0 Å². The van der Waals surface area contributed by atoms with Gasteiger partial charge in [0.25, 0.3) is 0 Å². The van der Waals surface area contributed by atoms with Crippen LogP contribution in [-0.2, 0) is 5.41 Å². The molecule has 0 aliphatic heterocycles. The third-order valence-corrected chi connectivity index (χ3v) is 6.92. The fourth-order valence-corrected chi connectivity index (χ4v) is 5.49. The van der Waals surface area contributed by atoms with E-state index >= 15 is 4.39 Å². The minimum Gasteiger partial charge on any atom is -0.319 e. The lowest BCUT2D eigenvalue weighted by Crippen LogP contribution is -2.16. The largest absolute Gasteiger partial charge is 0.319 e. The van der Waals surface area contributed by atoms with Crippen LogP contribution in [0.25, 0.3) is 43.5 Å². The van der Waals surface area contributed by atoms with Crippen LogP contribution in [0.3, 0.4) is 0 Å². The van der Waals surface area contributed by atoms with E-state index < -0.39 is 5.82 Å². The Morgan fingerprint density at radius 3 is 2.45 bits per heavy atom. The molecule has 0 unspecified atom stereocenters. The first-order chi connectivity index (χ1) is 16.0. The molecular formula is C29H18FN3. The van der Waals surface area contributed by atoms with Crippen LogP contribution in [0.1, 0.15) is 30.5 Å². The minimum atomic E-state index is -0.772. The highest BCUT2D eigenvalue weighted by Gasteiger charge is 2.38. The number of hydrogen-bond acceptors (Lipinski definition) is 1. The zero-order valence-corrected chi connectivity index (χ0v) is 18.1. The van der Waals surface area contributed by atoms with Gasteiger partial charge in [0.05, 0.1) is 28.9 Å². The maximum absolute atomic E-state index is 15.1. The highest BCUT2D eigenvalue weighted by Crippen LogP contribution is 2.53. The molecule has 4 aromatic carbocycles. The van der Waals surface area contributed by atoms with E-state index in [2.05, 4.69) is 61.2 Å². The van der Waals surface area contributed by atoms with Crippen LogP contribution in [0, 0.1) is 23.7 Å². The summed E-state index contributed by atoms with van der Waals surface area (Å²) in [6.07, 6.45) is 0. The summed E-state index contributed by atoms with van der Waals surface area (Å²) in [6, 6.07) is 25.8. The SMILES string of the molecule is [C-]#[N+]c1c(-n2c3ccccc3c3ccc4c(c32)C(C)(C)c2ccccc2-4)ccc(C#N)c1F. The molecule has 0 bridgehead atoms. The molecule has 0 saturated heterocycles. The highest BCUT2D eigenvalue weighted by atomic mass is 19.1. The molecule has 0 atom stereocenters. The van der Waals surface area contributed by atoms with Crippen molar-refractivity contribution in [2.24, 2.45) is 0 Å². The summed E-state index contributed by atoms with van der Waals surface area (Å²) < 4.78 is 17.1. The molecule has 1 heterocycles. The van der Waals surface area contributed by atoms with E-state index in [-0.39, 0.29) is 16.7 Å². The average molecular weight is 427 g/mol. The van der Waals surface area contributed by atoms with Crippen LogP contribution in [0.2, 0.25) is 0 Å². The van der Waals surface area contributed by atoms with Crippen LogP contribution in [0.15, 0.2) is 72.8 Å². The van der Waals surface area contributed by atoms with Crippen molar-refractivity contribution in [3.8, 4) is 22.9 Å². The molecule has 0 N–H and O–H groups in total. The second kappa shape index (κ2) is 6.55. The number of hydrogen-bond donors (Lipinski definition) is 0. The summed E-state index contributed by atoms with van der Waals surface area (Å²) in [5, 5.41) is 11.4. The predicted octanol–water partition coefficient (Wildman–Crippen LogP) is 7.65. The summed E-state index contributed by atoms with van der Waals surface area (Å²) in [5.74, 6) is -0.772. The number of para-hydroxylation sites is 1. The Balaban J connectivity index is 1.85. The van der Waals surface area contributed by atoms with Crippen molar-refractivity contribution in [2.75, 3.05) is 0 Å². The summed E-state index contributed by atoms with van der Waals surface area (Å²) >= 11 is 0. The second-order valence-corrected chi connectivity index (χ2v) is 8.93. The summed E-state index contributed by atoms with van der Waals surface area (Å²) in [4.78, 5) is 3.52. The Morgan fingerprint density at radius 2 is 1.67 bits per heavy atom. The summed E-state index contributed by atoms with van der Waals surface area (Å²) in [5.41, 5.74) is 6.57. The van der Waals surface area contributed by atoms with Gasteiger partial charge in [-0.1, -0.05) is 68.4 Å². The van der Waals surface area contributed by atoms with Crippen LogP contribution < -0.4 is 0 Å². The van der Waals surface area contributed by atoms with Gasteiger partial charge in [0.15, 0.2) is 0 Å². The van der Waals surface area contributed by atoms with Crippen LogP contribution in [-0.4, -0.2) is 4.57 Å². The lowest BCUT2D eigenvalue weighted by atomic mass is 9.81. The van der Waals surface area contributed by atoms with Crippen molar-refractivity contribution in [2.45, 2.75) is 19.3 Å². The van der Waals surface area contributed by atoms with E-state index in [1.165, 1.54) is 17.2 Å². The molecule has 3 nitrogen and oxygen atoms in total. The van der Waals surface area contributed by atoms with Gasteiger partial charge in [-0.3, -0.25) is 0 Å². The van der Waals surface area contributed by atoms with Crippen LogP contribution in [0.5, 0.6) is 0 Å². The Hall–Kier alpha value is -4.41. The molecular weight excluding hydrogens is 409 g/mol. The van der Waals surface area contributed by atoms with Crippen molar-refractivity contribution in [1.29, 1.82) is 5.26 Å². The van der Waals surface area contributed by atoms with Gasteiger partial charge in [-0.25, -0.2) is 9.24 Å². The maximum Gasteiger partial charge on any atom is 0.246 e. The number of rotatable bonds is 1. The second-order valence-electron chi connectivity index (χ2n) is 8.93. The lowest BCUT2D eigenvalue weighted by molar-refractivity contribution is 0.629. The Morgan fingerprint density at radius 1 is 0.909 bits per heavy atom. The molecule has 6 rings (SSSR count). The fraction of sp³-hybridized carbons (Fsp3) is 0.103. The molecule has 33 heavy (non-hydrogen) atoms. The number of nitriles is 1. The smallest absolute Gasteiger partial charge is 0.246 e. The van der Waals surface area contributed by atoms with Gasteiger partial charge in [-0.15, -0.1) is 0 Å². The number of benzene rings is 4. The number of nitrogens with zero attached hydrogens (tertiary/aromatic N) is 3. The Bertz CT molecular complexity index is 1720. The number of halogens is 1. The highest BCUT2D eigenvalue weighted by molar-refractivity contribution is 6.13. The van der Waals surface area contributed by atoms with E-state index in [0.717, 1.165) is 32.9 Å². The van der Waals surface area contributed by atoms with Crippen molar-refractivity contribution in [3.05, 3.63) is 107 Å². The van der Waals surface area contributed by atoms with E-state index in [0.29, 0.717) is 5.69 Å². The maximum atomic E-state index is 15.1. The molecule has 1 aromatic heterocycles. The topological polar surface area (TPSA) is 33.1 Å².